The average Bonchev–Trinajstić information content (AvgIpc) is 2.71. The lowest BCUT2D eigenvalue weighted by Gasteiger charge is -2.47. The number of hydrogen-bond donors (Lipinski definition) is 1. The molecule has 3 saturated carbocycles. The summed E-state index contributed by atoms with van der Waals surface area (Å²) >= 11 is 0. The average molecular weight is 193 g/mol. The fraction of sp³-hybridized carbons (Fsp3) is 1.00. The normalized spacial score (nSPS) is 57.0. The second-order valence-corrected chi connectivity index (χ2v) is 6.23. The SMILES string of the molecule is CC1CCCC2(C1)C1CC[C@H](C1)[C@H]2N. The van der Waals surface area contributed by atoms with Gasteiger partial charge in [-0.05, 0) is 55.3 Å². The van der Waals surface area contributed by atoms with E-state index in [2.05, 4.69) is 6.92 Å². The van der Waals surface area contributed by atoms with E-state index in [1.165, 1.54) is 44.9 Å². The Balaban J connectivity index is 1.87. The molecule has 0 saturated heterocycles. The highest BCUT2D eigenvalue weighted by Gasteiger charge is 2.56. The van der Waals surface area contributed by atoms with Gasteiger partial charge >= 0.3 is 0 Å². The molecule has 0 heterocycles. The zero-order valence-corrected chi connectivity index (χ0v) is 9.34. The second-order valence-electron chi connectivity index (χ2n) is 6.23. The van der Waals surface area contributed by atoms with Gasteiger partial charge in [0, 0.05) is 6.04 Å². The molecule has 3 rings (SSSR count). The molecule has 14 heavy (non-hydrogen) atoms. The molecule has 2 N–H and O–H groups in total. The molecule has 3 aliphatic rings. The zero-order valence-electron chi connectivity index (χ0n) is 9.34. The van der Waals surface area contributed by atoms with Gasteiger partial charge in [0.2, 0.25) is 0 Å². The first-order valence-corrected chi connectivity index (χ1v) is 6.48. The van der Waals surface area contributed by atoms with Crippen LogP contribution in [0.25, 0.3) is 0 Å². The van der Waals surface area contributed by atoms with E-state index in [4.69, 9.17) is 5.73 Å². The predicted octanol–water partition coefficient (Wildman–Crippen LogP) is 2.94. The van der Waals surface area contributed by atoms with Gasteiger partial charge in [0.1, 0.15) is 0 Å². The van der Waals surface area contributed by atoms with Crippen molar-refractivity contribution in [1.82, 2.24) is 0 Å². The largest absolute Gasteiger partial charge is 0.327 e. The molecule has 0 radical (unpaired) electrons. The summed E-state index contributed by atoms with van der Waals surface area (Å²) in [4.78, 5) is 0. The second kappa shape index (κ2) is 2.98. The molecule has 2 bridgehead atoms. The van der Waals surface area contributed by atoms with Crippen LogP contribution in [0, 0.1) is 23.2 Å². The molecule has 3 aliphatic carbocycles. The Morgan fingerprint density at radius 1 is 1.21 bits per heavy atom. The van der Waals surface area contributed by atoms with Crippen molar-refractivity contribution in [2.24, 2.45) is 28.9 Å². The molecule has 80 valence electrons. The minimum absolute atomic E-state index is 0.559. The summed E-state index contributed by atoms with van der Waals surface area (Å²) in [5, 5.41) is 0. The molecular formula is C13H23N. The molecule has 0 aromatic rings. The van der Waals surface area contributed by atoms with E-state index >= 15 is 0 Å². The van der Waals surface area contributed by atoms with Crippen LogP contribution in [0.4, 0.5) is 0 Å². The first-order valence-electron chi connectivity index (χ1n) is 6.48. The molecule has 1 spiro atoms. The van der Waals surface area contributed by atoms with Crippen LogP contribution in [0.2, 0.25) is 0 Å². The van der Waals surface area contributed by atoms with Crippen LogP contribution in [0.15, 0.2) is 0 Å². The lowest BCUT2D eigenvalue weighted by atomic mass is 9.60. The summed E-state index contributed by atoms with van der Waals surface area (Å²) in [6.45, 7) is 2.43. The lowest BCUT2D eigenvalue weighted by molar-refractivity contribution is 0.0531. The van der Waals surface area contributed by atoms with Crippen molar-refractivity contribution in [1.29, 1.82) is 0 Å². The van der Waals surface area contributed by atoms with Gasteiger partial charge in [0.05, 0.1) is 0 Å². The Morgan fingerprint density at radius 3 is 2.71 bits per heavy atom. The molecular weight excluding hydrogens is 170 g/mol. The van der Waals surface area contributed by atoms with Crippen LogP contribution < -0.4 is 5.73 Å². The van der Waals surface area contributed by atoms with Crippen LogP contribution in [0.5, 0.6) is 0 Å². The van der Waals surface area contributed by atoms with Gasteiger partial charge < -0.3 is 5.73 Å². The van der Waals surface area contributed by atoms with Crippen LogP contribution in [0.3, 0.4) is 0 Å². The van der Waals surface area contributed by atoms with Crippen LogP contribution in [-0.2, 0) is 0 Å². The highest BCUT2D eigenvalue weighted by atomic mass is 14.8. The van der Waals surface area contributed by atoms with Crippen molar-refractivity contribution in [3.8, 4) is 0 Å². The van der Waals surface area contributed by atoms with E-state index in [1.807, 2.05) is 0 Å². The van der Waals surface area contributed by atoms with Crippen molar-refractivity contribution in [2.45, 2.75) is 57.9 Å². The first-order chi connectivity index (χ1) is 6.72. The first kappa shape index (κ1) is 9.21. The van der Waals surface area contributed by atoms with E-state index in [9.17, 15) is 0 Å². The monoisotopic (exact) mass is 193 g/mol. The van der Waals surface area contributed by atoms with Crippen molar-refractivity contribution in [2.75, 3.05) is 0 Å². The van der Waals surface area contributed by atoms with E-state index in [-0.39, 0.29) is 0 Å². The summed E-state index contributed by atoms with van der Waals surface area (Å²) in [6, 6.07) is 0.559. The molecule has 3 unspecified atom stereocenters. The zero-order chi connectivity index (χ0) is 9.76. The van der Waals surface area contributed by atoms with E-state index in [0.717, 1.165) is 17.8 Å². The standard InChI is InChI=1S/C13H23N/c1-9-3-2-6-13(8-9)11-5-4-10(7-11)12(13)14/h9-12H,2-8,14H2,1H3/t9?,10-,11?,12-,13?/m1/s1. The van der Waals surface area contributed by atoms with Crippen molar-refractivity contribution >= 4 is 0 Å². The minimum atomic E-state index is 0.559. The molecule has 1 nitrogen and oxygen atoms in total. The topological polar surface area (TPSA) is 26.0 Å². The van der Waals surface area contributed by atoms with E-state index in [1.54, 1.807) is 0 Å². The third-order valence-electron chi connectivity index (χ3n) is 5.53. The van der Waals surface area contributed by atoms with Gasteiger partial charge in [-0.1, -0.05) is 19.8 Å². The lowest BCUT2D eigenvalue weighted by Crippen LogP contribution is -2.48. The molecule has 0 aromatic heterocycles. The van der Waals surface area contributed by atoms with Gasteiger partial charge in [0.25, 0.3) is 0 Å². The summed E-state index contributed by atoms with van der Waals surface area (Å²) in [5.41, 5.74) is 7.09. The van der Waals surface area contributed by atoms with E-state index in [0.29, 0.717) is 11.5 Å². The van der Waals surface area contributed by atoms with Gasteiger partial charge in [-0.2, -0.15) is 0 Å². The molecule has 5 atom stereocenters. The molecule has 0 aromatic carbocycles. The van der Waals surface area contributed by atoms with Crippen LogP contribution >= 0.6 is 0 Å². The number of fused-ring (bicyclic) bond motifs is 3. The van der Waals surface area contributed by atoms with Crippen molar-refractivity contribution in [3.63, 3.8) is 0 Å². The van der Waals surface area contributed by atoms with Gasteiger partial charge in [-0.3, -0.25) is 0 Å². The Labute approximate surface area is 87.4 Å². The maximum absolute atomic E-state index is 6.49. The van der Waals surface area contributed by atoms with Crippen molar-refractivity contribution in [3.05, 3.63) is 0 Å². The van der Waals surface area contributed by atoms with Crippen LogP contribution in [-0.4, -0.2) is 6.04 Å². The summed E-state index contributed by atoms with van der Waals surface area (Å²) in [5.74, 6) is 2.84. The number of rotatable bonds is 0. The fourth-order valence-corrected chi connectivity index (χ4v) is 4.91. The maximum atomic E-state index is 6.49. The Kier molecular flexibility index (Phi) is 1.96. The fourth-order valence-electron chi connectivity index (χ4n) is 4.91. The summed E-state index contributed by atoms with van der Waals surface area (Å²) in [6.07, 6.45) is 10.2. The highest BCUT2D eigenvalue weighted by molar-refractivity contribution is 5.09. The highest BCUT2D eigenvalue weighted by Crippen LogP contribution is 2.61. The Morgan fingerprint density at radius 2 is 2.07 bits per heavy atom. The van der Waals surface area contributed by atoms with Gasteiger partial charge in [-0.25, -0.2) is 0 Å². The molecule has 0 amide bonds. The molecule has 0 aliphatic heterocycles. The van der Waals surface area contributed by atoms with Crippen molar-refractivity contribution < 1.29 is 0 Å². The number of nitrogens with two attached hydrogens (primary N) is 1. The predicted molar refractivity (Wildman–Crippen MR) is 58.9 cm³/mol. The minimum Gasteiger partial charge on any atom is -0.327 e. The smallest absolute Gasteiger partial charge is 0.0127 e. The molecule has 1 heteroatoms. The Bertz CT molecular complexity index is 233. The van der Waals surface area contributed by atoms with Crippen LogP contribution in [0.1, 0.15) is 51.9 Å². The summed E-state index contributed by atoms with van der Waals surface area (Å²) in [7, 11) is 0. The Hall–Kier alpha value is -0.0400. The maximum Gasteiger partial charge on any atom is 0.0127 e. The molecule has 3 fully saturated rings. The van der Waals surface area contributed by atoms with E-state index < -0.39 is 0 Å². The number of hydrogen-bond acceptors (Lipinski definition) is 1. The van der Waals surface area contributed by atoms with Gasteiger partial charge in [0.15, 0.2) is 0 Å². The third-order valence-corrected chi connectivity index (χ3v) is 5.53. The third kappa shape index (κ3) is 1.05. The summed E-state index contributed by atoms with van der Waals surface area (Å²) < 4.78 is 0. The quantitative estimate of drug-likeness (QED) is 0.629. The van der Waals surface area contributed by atoms with Gasteiger partial charge in [-0.15, -0.1) is 0 Å².